The Morgan fingerprint density at radius 3 is 2.90 bits per heavy atom. The molecule has 0 radical (unpaired) electrons. The van der Waals surface area contributed by atoms with Crippen molar-refractivity contribution in [2.24, 2.45) is 0 Å². The SMILES string of the molecule is C[C@H](NC(=O)CSc1nnc(-c2ccc(F)cc2)n1C[C@H]1CCCO1)c1cccs1. The first-order valence-electron chi connectivity index (χ1n) is 9.86. The minimum absolute atomic E-state index is 0.0300. The number of thiophene rings is 1. The lowest BCUT2D eigenvalue weighted by atomic mass is 10.2. The van der Waals surface area contributed by atoms with Crippen LogP contribution in [0, 0.1) is 5.82 Å². The van der Waals surface area contributed by atoms with Crippen LogP contribution < -0.4 is 5.32 Å². The number of nitrogens with one attached hydrogen (secondary N) is 1. The number of hydrogen-bond acceptors (Lipinski definition) is 6. The molecule has 3 heterocycles. The van der Waals surface area contributed by atoms with Crippen molar-refractivity contribution >= 4 is 29.0 Å². The third-order valence-corrected chi connectivity index (χ3v) is 6.93. The molecule has 0 bridgehead atoms. The van der Waals surface area contributed by atoms with E-state index >= 15 is 0 Å². The van der Waals surface area contributed by atoms with Crippen LogP contribution in [0.25, 0.3) is 11.4 Å². The Morgan fingerprint density at radius 2 is 2.20 bits per heavy atom. The van der Waals surface area contributed by atoms with E-state index in [0.29, 0.717) is 17.5 Å². The van der Waals surface area contributed by atoms with Crippen molar-refractivity contribution in [2.75, 3.05) is 12.4 Å². The van der Waals surface area contributed by atoms with Crippen LogP contribution in [0.5, 0.6) is 0 Å². The second-order valence-corrected chi connectivity index (χ2v) is 9.07. The zero-order chi connectivity index (χ0) is 20.9. The van der Waals surface area contributed by atoms with Crippen molar-refractivity contribution in [3.8, 4) is 11.4 Å². The number of rotatable bonds is 8. The van der Waals surface area contributed by atoms with Gasteiger partial charge in [0.15, 0.2) is 11.0 Å². The van der Waals surface area contributed by atoms with Crippen molar-refractivity contribution < 1.29 is 13.9 Å². The molecule has 1 aliphatic heterocycles. The Morgan fingerprint density at radius 1 is 1.37 bits per heavy atom. The molecule has 0 spiro atoms. The third kappa shape index (κ3) is 5.08. The fourth-order valence-corrected chi connectivity index (χ4v) is 4.88. The first-order chi connectivity index (χ1) is 14.6. The van der Waals surface area contributed by atoms with Gasteiger partial charge in [-0.25, -0.2) is 4.39 Å². The summed E-state index contributed by atoms with van der Waals surface area (Å²) in [5.41, 5.74) is 0.782. The highest BCUT2D eigenvalue weighted by molar-refractivity contribution is 7.99. The van der Waals surface area contributed by atoms with Gasteiger partial charge in [-0.15, -0.1) is 21.5 Å². The van der Waals surface area contributed by atoms with Gasteiger partial charge in [-0.3, -0.25) is 9.36 Å². The van der Waals surface area contributed by atoms with Gasteiger partial charge >= 0.3 is 0 Å². The highest BCUT2D eigenvalue weighted by Crippen LogP contribution is 2.27. The van der Waals surface area contributed by atoms with E-state index in [1.165, 1.54) is 23.9 Å². The fraction of sp³-hybridized carbons (Fsp3) is 0.381. The number of carbonyl (C=O) groups is 1. The Bertz CT molecular complexity index is 970. The van der Waals surface area contributed by atoms with Crippen LogP contribution in [0.3, 0.4) is 0 Å². The number of aromatic nitrogens is 3. The molecule has 0 unspecified atom stereocenters. The van der Waals surface area contributed by atoms with Crippen LogP contribution >= 0.6 is 23.1 Å². The van der Waals surface area contributed by atoms with Gasteiger partial charge in [-0.2, -0.15) is 0 Å². The van der Waals surface area contributed by atoms with Gasteiger partial charge in [0, 0.05) is 17.0 Å². The number of halogens is 1. The minimum Gasteiger partial charge on any atom is -0.376 e. The van der Waals surface area contributed by atoms with E-state index in [1.807, 2.05) is 29.0 Å². The molecule has 4 rings (SSSR count). The van der Waals surface area contributed by atoms with Crippen LogP contribution in [0.4, 0.5) is 4.39 Å². The number of benzene rings is 1. The highest BCUT2D eigenvalue weighted by atomic mass is 32.2. The summed E-state index contributed by atoms with van der Waals surface area (Å²) in [6, 6.07) is 10.2. The molecule has 1 fully saturated rings. The molecule has 0 saturated carbocycles. The van der Waals surface area contributed by atoms with Crippen molar-refractivity contribution in [1.29, 1.82) is 0 Å². The lowest BCUT2D eigenvalue weighted by molar-refractivity contribution is -0.119. The summed E-state index contributed by atoms with van der Waals surface area (Å²) >= 11 is 2.97. The van der Waals surface area contributed by atoms with Gasteiger partial charge in [0.05, 0.1) is 24.4 Å². The van der Waals surface area contributed by atoms with E-state index in [1.54, 1.807) is 23.5 Å². The lowest BCUT2D eigenvalue weighted by Gasteiger charge is -2.15. The third-order valence-electron chi connectivity index (χ3n) is 4.91. The van der Waals surface area contributed by atoms with Crippen LogP contribution in [0.2, 0.25) is 0 Å². The second kappa shape index (κ2) is 9.72. The molecule has 2 aromatic heterocycles. The highest BCUT2D eigenvalue weighted by Gasteiger charge is 2.22. The normalized spacial score (nSPS) is 17.2. The number of hydrogen-bond donors (Lipinski definition) is 1. The van der Waals surface area contributed by atoms with Crippen LogP contribution in [0.15, 0.2) is 46.9 Å². The van der Waals surface area contributed by atoms with Gasteiger partial charge < -0.3 is 10.1 Å². The van der Waals surface area contributed by atoms with Crippen molar-refractivity contribution in [3.63, 3.8) is 0 Å². The van der Waals surface area contributed by atoms with E-state index in [4.69, 9.17) is 4.74 Å². The predicted octanol–water partition coefficient (Wildman–Crippen LogP) is 4.29. The average molecular weight is 447 g/mol. The minimum atomic E-state index is -0.296. The van der Waals surface area contributed by atoms with Gasteiger partial charge in [0.25, 0.3) is 0 Å². The summed E-state index contributed by atoms with van der Waals surface area (Å²) in [5.74, 6) is 0.536. The maximum Gasteiger partial charge on any atom is 0.230 e. The number of carbonyl (C=O) groups excluding carboxylic acids is 1. The van der Waals surface area contributed by atoms with Crippen molar-refractivity contribution in [1.82, 2.24) is 20.1 Å². The smallest absolute Gasteiger partial charge is 0.230 e. The summed E-state index contributed by atoms with van der Waals surface area (Å²) in [6.45, 7) is 3.33. The molecule has 158 valence electrons. The topological polar surface area (TPSA) is 69.0 Å². The van der Waals surface area contributed by atoms with E-state index in [9.17, 15) is 9.18 Å². The Labute approximate surface area is 182 Å². The Kier molecular flexibility index (Phi) is 6.81. The summed E-state index contributed by atoms with van der Waals surface area (Å²) in [5, 5.41) is 14.3. The number of nitrogens with zero attached hydrogens (tertiary/aromatic N) is 3. The quantitative estimate of drug-likeness (QED) is 0.523. The van der Waals surface area contributed by atoms with Gasteiger partial charge in [-0.1, -0.05) is 17.8 Å². The predicted molar refractivity (Wildman–Crippen MR) is 116 cm³/mol. The van der Waals surface area contributed by atoms with E-state index in [-0.39, 0.29) is 29.6 Å². The molecule has 1 amide bonds. The standard InChI is InChI=1S/C21H23FN4O2S2/c1-14(18-5-3-11-29-18)23-19(27)13-30-21-25-24-20(15-6-8-16(22)9-7-15)26(21)12-17-4-2-10-28-17/h3,5-9,11,14,17H,2,4,10,12-13H2,1H3,(H,23,27)/t14-,17+/m0/s1. The monoisotopic (exact) mass is 446 g/mol. The van der Waals surface area contributed by atoms with E-state index in [0.717, 1.165) is 29.9 Å². The average Bonchev–Trinajstić information content (AvgIpc) is 3.50. The number of thioether (sulfide) groups is 1. The maximum atomic E-state index is 13.3. The first kappa shape index (κ1) is 21.0. The molecule has 1 aliphatic rings. The zero-order valence-electron chi connectivity index (χ0n) is 16.6. The maximum absolute atomic E-state index is 13.3. The van der Waals surface area contributed by atoms with E-state index in [2.05, 4.69) is 15.5 Å². The van der Waals surface area contributed by atoms with Crippen LogP contribution in [-0.2, 0) is 16.1 Å². The molecule has 1 N–H and O–H groups in total. The van der Waals surface area contributed by atoms with Crippen molar-refractivity contribution in [2.45, 2.75) is 43.6 Å². The van der Waals surface area contributed by atoms with Crippen LogP contribution in [0.1, 0.15) is 30.7 Å². The summed E-state index contributed by atoms with van der Waals surface area (Å²) in [4.78, 5) is 13.6. The molecule has 30 heavy (non-hydrogen) atoms. The molecule has 0 aliphatic carbocycles. The number of amides is 1. The molecule has 6 nitrogen and oxygen atoms in total. The Hall–Kier alpha value is -2.23. The fourth-order valence-electron chi connectivity index (χ4n) is 3.39. The molecular formula is C21H23FN4O2S2. The molecule has 9 heteroatoms. The molecule has 1 saturated heterocycles. The first-order valence-corrected chi connectivity index (χ1v) is 11.7. The summed E-state index contributed by atoms with van der Waals surface area (Å²) in [7, 11) is 0. The Balaban J connectivity index is 1.47. The second-order valence-electron chi connectivity index (χ2n) is 7.15. The van der Waals surface area contributed by atoms with Crippen molar-refractivity contribution in [3.05, 3.63) is 52.5 Å². The molecular weight excluding hydrogens is 423 g/mol. The largest absolute Gasteiger partial charge is 0.376 e. The number of ether oxygens (including phenoxy) is 1. The zero-order valence-corrected chi connectivity index (χ0v) is 18.2. The summed E-state index contributed by atoms with van der Waals surface area (Å²) in [6.07, 6.45) is 2.10. The van der Waals surface area contributed by atoms with E-state index < -0.39 is 0 Å². The molecule has 1 aromatic carbocycles. The summed E-state index contributed by atoms with van der Waals surface area (Å²) < 4.78 is 21.1. The van der Waals surface area contributed by atoms with Gasteiger partial charge in [0.2, 0.25) is 5.91 Å². The lowest BCUT2D eigenvalue weighted by Crippen LogP contribution is -2.28. The van der Waals surface area contributed by atoms with Gasteiger partial charge in [0.1, 0.15) is 5.82 Å². The molecule has 3 aromatic rings. The molecule has 2 atom stereocenters. The van der Waals surface area contributed by atoms with Crippen LogP contribution in [-0.4, -0.2) is 39.1 Å². The van der Waals surface area contributed by atoms with Gasteiger partial charge in [-0.05, 0) is 55.5 Å².